The summed E-state index contributed by atoms with van der Waals surface area (Å²) < 4.78 is 1.81. The normalized spacial score (nSPS) is 13.8. The molecule has 0 unspecified atom stereocenters. The zero-order chi connectivity index (χ0) is 16.4. The molecule has 0 saturated carbocycles. The summed E-state index contributed by atoms with van der Waals surface area (Å²) in [5.74, 6) is 0.575. The van der Waals surface area contributed by atoms with Crippen LogP contribution in [-0.2, 0) is 17.9 Å². The van der Waals surface area contributed by atoms with E-state index in [4.69, 9.17) is 0 Å². The average Bonchev–Trinajstić information content (AvgIpc) is 3.05. The summed E-state index contributed by atoms with van der Waals surface area (Å²) in [5, 5.41) is 8.41. The number of hydrogen-bond donors (Lipinski definition) is 0. The van der Waals surface area contributed by atoms with Crippen LogP contribution in [0.25, 0.3) is 0 Å². The second-order valence-corrected chi connectivity index (χ2v) is 6.65. The Morgan fingerprint density at radius 1 is 1.00 bits per heavy atom. The van der Waals surface area contributed by atoms with Crippen LogP contribution in [0.2, 0.25) is 0 Å². The molecule has 4 rings (SSSR count). The molecule has 0 spiro atoms. The number of amides is 1. The van der Waals surface area contributed by atoms with Crippen LogP contribution < -0.4 is 4.90 Å². The number of nitrogens with zero attached hydrogens (tertiary/aromatic N) is 4. The molecule has 2 aromatic carbocycles. The minimum Gasteiger partial charge on any atom is -0.304 e. The van der Waals surface area contributed by atoms with Gasteiger partial charge >= 0.3 is 0 Å². The van der Waals surface area contributed by atoms with Crippen molar-refractivity contribution >= 4 is 23.4 Å². The number of fused-ring (bicyclic) bond motifs is 1. The van der Waals surface area contributed by atoms with Gasteiger partial charge in [0.15, 0.2) is 0 Å². The minimum absolute atomic E-state index is 0.108. The van der Waals surface area contributed by atoms with E-state index in [1.807, 2.05) is 48.7 Å². The number of hydrogen-bond acceptors (Lipinski definition) is 4. The molecule has 2 heterocycles. The molecule has 1 amide bonds. The molecule has 0 radical (unpaired) electrons. The van der Waals surface area contributed by atoms with Gasteiger partial charge in [-0.05, 0) is 17.7 Å². The minimum atomic E-state index is 0.108. The molecule has 0 N–H and O–H groups in total. The number of anilines is 1. The quantitative estimate of drug-likeness (QED) is 0.735. The Bertz CT molecular complexity index is 862. The smallest absolute Gasteiger partial charge is 0.237 e. The maximum atomic E-state index is 12.3. The fourth-order valence-corrected chi connectivity index (χ4v) is 3.68. The molecule has 120 valence electrons. The molecule has 1 aromatic heterocycles. The van der Waals surface area contributed by atoms with Gasteiger partial charge in [-0.25, -0.2) is 4.68 Å². The van der Waals surface area contributed by atoms with Crippen LogP contribution in [-0.4, -0.2) is 26.7 Å². The zero-order valence-corrected chi connectivity index (χ0v) is 13.8. The fraction of sp³-hybridized carbons (Fsp3) is 0.167. The van der Waals surface area contributed by atoms with E-state index in [0.29, 0.717) is 18.8 Å². The zero-order valence-electron chi connectivity index (χ0n) is 13.0. The van der Waals surface area contributed by atoms with Gasteiger partial charge < -0.3 is 4.90 Å². The lowest BCUT2D eigenvalue weighted by atomic mass is 10.2. The summed E-state index contributed by atoms with van der Waals surface area (Å²) in [7, 11) is 0. The Kier molecular flexibility index (Phi) is 4.04. The topological polar surface area (TPSA) is 51.0 Å². The summed E-state index contributed by atoms with van der Waals surface area (Å²) in [6.07, 6.45) is 1.91. The number of thioether (sulfide) groups is 1. The highest BCUT2D eigenvalue weighted by atomic mass is 32.2. The molecule has 0 atom stereocenters. The van der Waals surface area contributed by atoms with Gasteiger partial charge in [0.1, 0.15) is 5.69 Å². The van der Waals surface area contributed by atoms with Crippen molar-refractivity contribution in [1.29, 1.82) is 0 Å². The van der Waals surface area contributed by atoms with Crippen LogP contribution >= 0.6 is 11.8 Å². The third kappa shape index (κ3) is 3.05. The highest BCUT2D eigenvalue weighted by molar-refractivity contribution is 8.00. The Morgan fingerprint density at radius 2 is 1.79 bits per heavy atom. The van der Waals surface area contributed by atoms with Crippen molar-refractivity contribution in [3.05, 3.63) is 72.1 Å². The molecule has 5 nitrogen and oxygen atoms in total. The van der Waals surface area contributed by atoms with Crippen molar-refractivity contribution in [2.75, 3.05) is 10.7 Å². The van der Waals surface area contributed by atoms with E-state index in [9.17, 15) is 4.79 Å². The van der Waals surface area contributed by atoms with Crippen molar-refractivity contribution in [3.63, 3.8) is 0 Å². The first-order valence-electron chi connectivity index (χ1n) is 7.75. The molecule has 0 fully saturated rings. The SMILES string of the molecule is O=C1CSc2ccccc2N1Cc1cn(Cc2ccccc2)nn1. The second kappa shape index (κ2) is 6.49. The predicted octanol–water partition coefficient (Wildman–Crippen LogP) is 2.97. The Morgan fingerprint density at radius 3 is 2.67 bits per heavy atom. The maximum Gasteiger partial charge on any atom is 0.237 e. The fourth-order valence-electron chi connectivity index (χ4n) is 2.75. The number of para-hydroxylation sites is 1. The third-order valence-electron chi connectivity index (χ3n) is 3.90. The summed E-state index contributed by atoms with van der Waals surface area (Å²) in [5.41, 5.74) is 2.92. The van der Waals surface area contributed by atoms with Crippen LogP contribution in [0, 0.1) is 0 Å². The van der Waals surface area contributed by atoms with Gasteiger partial charge in [0.05, 0.1) is 30.7 Å². The third-order valence-corrected chi connectivity index (χ3v) is 4.95. The lowest BCUT2D eigenvalue weighted by Crippen LogP contribution is -2.34. The van der Waals surface area contributed by atoms with E-state index >= 15 is 0 Å². The van der Waals surface area contributed by atoms with Crippen molar-refractivity contribution < 1.29 is 4.79 Å². The Labute approximate surface area is 144 Å². The molecule has 1 aliphatic rings. The van der Waals surface area contributed by atoms with Crippen LogP contribution in [0.4, 0.5) is 5.69 Å². The van der Waals surface area contributed by atoms with E-state index in [1.54, 1.807) is 21.3 Å². The van der Waals surface area contributed by atoms with Gasteiger partial charge in [0.2, 0.25) is 5.91 Å². The summed E-state index contributed by atoms with van der Waals surface area (Å²) >= 11 is 1.59. The molecular formula is C18H16N4OS. The molecule has 3 aromatic rings. The molecule has 1 aliphatic heterocycles. The standard InChI is InChI=1S/C18H16N4OS/c23-18-13-24-17-9-5-4-8-16(17)22(18)12-15-11-21(20-19-15)10-14-6-2-1-3-7-14/h1-9,11H,10,12-13H2. The van der Waals surface area contributed by atoms with Crippen molar-refractivity contribution in [2.45, 2.75) is 18.0 Å². The summed E-state index contributed by atoms with van der Waals surface area (Å²) in [6, 6.07) is 18.1. The first-order valence-corrected chi connectivity index (χ1v) is 8.73. The van der Waals surface area contributed by atoms with Gasteiger partial charge in [-0.1, -0.05) is 47.7 Å². The summed E-state index contributed by atoms with van der Waals surface area (Å²) in [6.45, 7) is 1.12. The molecule has 0 aliphatic carbocycles. The lowest BCUT2D eigenvalue weighted by Gasteiger charge is -2.28. The number of rotatable bonds is 4. The van der Waals surface area contributed by atoms with E-state index in [1.165, 1.54) is 5.56 Å². The first-order chi connectivity index (χ1) is 11.8. The van der Waals surface area contributed by atoms with E-state index in [-0.39, 0.29) is 5.91 Å². The predicted molar refractivity (Wildman–Crippen MR) is 93.9 cm³/mol. The average molecular weight is 336 g/mol. The van der Waals surface area contributed by atoms with Gasteiger partial charge in [0, 0.05) is 4.90 Å². The lowest BCUT2D eigenvalue weighted by molar-refractivity contribution is -0.116. The second-order valence-electron chi connectivity index (χ2n) is 5.63. The van der Waals surface area contributed by atoms with Crippen LogP contribution in [0.5, 0.6) is 0 Å². The maximum absolute atomic E-state index is 12.3. The van der Waals surface area contributed by atoms with Gasteiger partial charge in [0.25, 0.3) is 0 Å². The highest BCUT2D eigenvalue weighted by Crippen LogP contribution is 2.35. The monoisotopic (exact) mass is 336 g/mol. The van der Waals surface area contributed by atoms with Gasteiger partial charge in [-0.15, -0.1) is 16.9 Å². The number of carbonyl (C=O) groups is 1. The molecular weight excluding hydrogens is 320 g/mol. The van der Waals surface area contributed by atoms with E-state index in [2.05, 4.69) is 22.4 Å². The molecule has 6 heteroatoms. The number of aromatic nitrogens is 3. The van der Waals surface area contributed by atoms with Crippen molar-refractivity contribution in [2.24, 2.45) is 0 Å². The first kappa shape index (κ1) is 15.0. The van der Waals surface area contributed by atoms with Crippen LogP contribution in [0.15, 0.2) is 65.7 Å². The molecule has 24 heavy (non-hydrogen) atoms. The van der Waals surface area contributed by atoms with Crippen LogP contribution in [0.3, 0.4) is 0 Å². The molecule has 0 bridgehead atoms. The highest BCUT2D eigenvalue weighted by Gasteiger charge is 2.25. The Balaban J connectivity index is 1.53. The van der Waals surface area contributed by atoms with Crippen LogP contribution in [0.1, 0.15) is 11.3 Å². The number of carbonyl (C=O) groups excluding carboxylic acids is 1. The van der Waals surface area contributed by atoms with E-state index < -0.39 is 0 Å². The van der Waals surface area contributed by atoms with Crippen molar-refractivity contribution in [3.8, 4) is 0 Å². The molecule has 0 saturated heterocycles. The number of benzene rings is 2. The Hall–Kier alpha value is -2.60. The summed E-state index contributed by atoms with van der Waals surface area (Å²) in [4.78, 5) is 15.2. The van der Waals surface area contributed by atoms with Gasteiger partial charge in [-0.3, -0.25) is 4.79 Å². The van der Waals surface area contributed by atoms with Crippen molar-refractivity contribution in [1.82, 2.24) is 15.0 Å². The van der Waals surface area contributed by atoms with E-state index in [0.717, 1.165) is 16.3 Å². The largest absolute Gasteiger partial charge is 0.304 e. The van der Waals surface area contributed by atoms with Gasteiger partial charge in [-0.2, -0.15) is 0 Å².